The molecule has 0 bridgehead atoms. The molecular formula is C126H78N12. The largest absolute Gasteiger partial charge is 0.251 e. The number of benzene rings is 10. The van der Waals surface area contributed by atoms with E-state index in [9.17, 15) is 0 Å². The van der Waals surface area contributed by atoms with E-state index in [4.69, 9.17) is 59.8 Å². The number of fused-ring (bicyclic) bond motifs is 18. The van der Waals surface area contributed by atoms with Gasteiger partial charge >= 0.3 is 0 Å². The first-order chi connectivity index (χ1) is 67.1. The zero-order valence-electron chi connectivity index (χ0n) is 77.6. The monoisotopic (exact) mass is 1760 g/mol. The maximum Gasteiger partial charge on any atom is 0.0980 e. The Balaban J connectivity index is 0.727. The van der Waals surface area contributed by atoms with Gasteiger partial charge in [0.2, 0.25) is 0 Å². The molecule has 22 rings (SSSR count). The molecule has 138 heavy (non-hydrogen) atoms. The van der Waals surface area contributed by atoms with E-state index in [1.165, 1.54) is 0 Å². The Kier molecular flexibility index (Phi) is 21.5. The van der Waals surface area contributed by atoms with Crippen molar-refractivity contribution in [2.75, 3.05) is 0 Å². The van der Waals surface area contributed by atoms with Crippen molar-refractivity contribution in [3.63, 3.8) is 0 Å². The van der Waals surface area contributed by atoms with Crippen LogP contribution in [0.4, 0.5) is 0 Å². The number of hydrogen-bond donors (Lipinski definition) is 0. The van der Waals surface area contributed by atoms with Crippen LogP contribution in [0.2, 0.25) is 0 Å². The van der Waals surface area contributed by atoms with Gasteiger partial charge < -0.3 is 0 Å². The highest BCUT2D eigenvalue weighted by atomic mass is 14.8. The average Bonchev–Trinajstić information content (AvgIpc) is 0.787. The summed E-state index contributed by atoms with van der Waals surface area (Å²) in [6, 6.07) is 85.9. The maximum atomic E-state index is 5.04. The number of pyridine rings is 12. The molecule has 0 saturated carbocycles. The maximum absolute atomic E-state index is 5.04. The standard InChI is InChI=1S/C126H78N12/c1-73-13-37-103-67-97(109-49-19-79(7)133-121(109)115(103)127-73)43-31-91-58-88(59-92(64-91)32-44-98-68-104-38-14-74(2)128-116(104)122-110(98)50-20-80(8)134-122)28-25-85-55-86(26-29-89-60-93(33-45-99-69-105-39-15-75(3)129-117(105)123-111(99)51-21-81(9)135-123)65-94(61-89)34-46-100-70-106-40-16-76(4)130-118(106)124-112(100)52-22-82(10)136-124)57-87(56-85)27-30-90-62-95(35-47-101-71-107-41-17-77(5)131-119(107)125-113(101)53-23-83(11)137-125)66-96(63-90)36-48-102-72-108-42-18-78(6)132-120(108)126-114(102)54-24-84(12)138-126/h13-24,37-42,49-72H,1-12H3. The van der Waals surface area contributed by atoms with Crippen LogP contribution in [0.3, 0.4) is 0 Å². The van der Waals surface area contributed by atoms with Gasteiger partial charge in [-0.1, -0.05) is 143 Å². The molecule has 0 aliphatic heterocycles. The summed E-state index contributed by atoms with van der Waals surface area (Å²) in [7, 11) is 0. The minimum absolute atomic E-state index is 0.640. The molecular weight excluding hydrogens is 1680 g/mol. The normalized spacial score (nSPS) is 11.0. The zero-order chi connectivity index (χ0) is 94.1. The second kappa shape index (κ2) is 35.0. The third-order valence-corrected chi connectivity index (χ3v) is 24.3. The Morgan fingerprint density at radius 1 is 0.116 bits per heavy atom. The third kappa shape index (κ3) is 17.3. The summed E-state index contributed by atoms with van der Waals surface area (Å²) in [6.45, 7) is 24.0. The van der Waals surface area contributed by atoms with Gasteiger partial charge in [-0.25, -0.2) is 0 Å². The highest BCUT2D eigenvalue weighted by Gasteiger charge is 2.19. The Morgan fingerprint density at radius 2 is 0.225 bits per heavy atom. The summed E-state index contributed by atoms with van der Waals surface area (Å²) in [5, 5.41) is 11.1. The molecule has 0 fully saturated rings. The van der Waals surface area contributed by atoms with Crippen LogP contribution in [0.25, 0.3) is 131 Å². The topological polar surface area (TPSA) is 155 Å². The van der Waals surface area contributed by atoms with Gasteiger partial charge in [-0.15, -0.1) is 0 Å². The van der Waals surface area contributed by atoms with Crippen molar-refractivity contribution in [2.45, 2.75) is 83.1 Å². The first kappa shape index (κ1) is 84.7. The van der Waals surface area contributed by atoms with Gasteiger partial charge in [0, 0.05) is 233 Å². The van der Waals surface area contributed by atoms with Crippen molar-refractivity contribution in [1.29, 1.82) is 0 Å². The van der Waals surface area contributed by atoms with Gasteiger partial charge in [0.05, 0.1) is 66.2 Å². The Bertz CT molecular complexity index is 8490. The van der Waals surface area contributed by atoms with Crippen LogP contribution in [-0.4, -0.2) is 59.8 Å². The van der Waals surface area contributed by atoms with Gasteiger partial charge in [-0.3, -0.25) is 59.8 Å². The molecule has 0 unspecified atom stereocenters. The second-order valence-corrected chi connectivity index (χ2v) is 35.2. The molecule has 0 spiro atoms. The minimum atomic E-state index is 0.640. The molecule has 0 saturated heterocycles. The molecule has 10 aromatic carbocycles. The fourth-order valence-electron chi connectivity index (χ4n) is 17.6. The lowest BCUT2D eigenvalue weighted by Gasteiger charge is -2.07. The molecule has 12 heterocycles. The lowest BCUT2D eigenvalue weighted by atomic mass is 10.0. The van der Waals surface area contributed by atoms with Crippen molar-refractivity contribution in [2.24, 2.45) is 0 Å². The number of hydrogen-bond acceptors (Lipinski definition) is 12. The summed E-state index contributed by atoms with van der Waals surface area (Å²) in [5.41, 5.74) is 33.4. The quantitative estimate of drug-likeness (QED) is 0.105. The van der Waals surface area contributed by atoms with E-state index in [-0.39, 0.29) is 0 Å². The number of aromatic nitrogens is 12. The van der Waals surface area contributed by atoms with Gasteiger partial charge in [0.15, 0.2) is 0 Å². The predicted molar refractivity (Wildman–Crippen MR) is 559 cm³/mol. The fourth-order valence-corrected chi connectivity index (χ4v) is 17.6. The SMILES string of the molecule is Cc1ccc2cc(C#Cc3cc(C#Cc4cc(C#Cc5cc(C#Cc6cc7ccc(C)nc7c7nc(C)ccc67)cc(C#Cc6cc7ccc(C)nc7c7nc(C)ccc67)c5)cc(C#Cc5cc(C#Cc6cc7ccc(C)nc7c7nc(C)ccc67)cc(C#Cc6cc7ccc(C)nc7c7nc(C)ccc67)c5)c4)cc(C#Cc4cc5ccc(C)nc5c5nc(C)ccc45)c3)c3ccc(C)nc3c2n1. The van der Waals surface area contributed by atoms with Crippen molar-refractivity contribution < 1.29 is 0 Å². The lowest BCUT2D eigenvalue weighted by molar-refractivity contribution is 1.23. The molecule has 642 valence electrons. The molecule has 12 aromatic heterocycles. The smallest absolute Gasteiger partial charge is 0.0980 e. The molecule has 0 atom stereocenters. The van der Waals surface area contributed by atoms with Crippen LogP contribution >= 0.6 is 0 Å². The van der Waals surface area contributed by atoms with Crippen molar-refractivity contribution in [3.8, 4) is 107 Å². The van der Waals surface area contributed by atoms with Crippen LogP contribution in [0.1, 0.15) is 168 Å². The summed E-state index contributed by atoms with van der Waals surface area (Å²) < 4.78 is 0. The van der Waals surface area contributed by atoms with Crippen LogP contribution in [0.15, 0.2) is 255 Å². The van der Waals surface area contributed by atoms with Gasteiger partial charge in [0.25, 0.3) is 0 Å². The van der Waals surface area contributed by atoms with E-state index in [0.717, 1.165) is 233 Å². The Morgan fingerprint density at radius 3 is 0.355 bits per heavy atom. The van der Waals surface area contributed by atoms with Gasteiger partial charge in [0.1, 0.15) is 0 Å². The highest BCUT2D eigenvalue weighted by molar-refractivity contribution is 6.11. The van der Waals surface area contributed by atoms with Gasteiger partial charge in [-0.05, 0) is 301 Å². The second-order valence-electron chi connectivity index (χ2n) is 35.2. The van der Waals surface area contributed by atoms with Crippen LogP contribution < -0.4 is 0 Å². The third-order valence-electron chi connectivity index (χ3n) is 24.3. The first-order valence-electron chi connectivity index (χ1n) is 45.4. The van der Waals surface area contributed by atoms with Crippen LogP contribution in [0.5, 0.6) is 0 Å². The predicted octanol–water partition coefficient (Wildman–Crippen LogP) is 24.6. The van der Waals surface area contributed by atoms with Crippen LogP contribution in [-0.2, 0) is 0 Å². The summed E-state index contributed by atoms with van der Waals surface area (Å²) in [5.74, 6) is 64.6. The van der Waals surface area contributed by atoms with E-state index in [2.05, 4.69) is 216 Å². The molecule has 0 N–H and O–H groups in total. The molecule has 22 aromatic rings. The van der Waals surface area contributed by atoms with Crippen molar-refractivity contribution >= 4 is 131 Å². The van der Waals surface area contributed by atoms with Crippen molar-refractivity contribution in [1.82, 2.24) is 59.8 Å². The average molecular weight is 1760 g/mol. The van der Waals surface area contributed by atoms with E-state index >= 15 is 0 Å². The summed E-state index contributed by atoms with van der Waals surface area (Å²) in [6.07, 6.45) is 0. The highest BCUT2D eigenvalue weighted by Crippen LogP contribution is 2.35. The van der Waals surface area contributed by atoms with E-state index in [1.54, 1.807) is 0 Å². The Hall–Kier alpha value is -18.8. The molecule has 0 aliphatic carbocycles. The van der Waals surface area contributed by atoms with E-state index < -0.39 is 0 Å². The minimum Gasteiger partial charge on any atom is -0.251 e. The molecule has 12 heteroatoms. The first-order valence-corrected chi connectivity index (χ1v) is 45.4. The van der Waals surface area contributed by atoms with E-state index in [1.807, 2.05) is 229 Å². The number of rotatable bonds is 0. The fraction of sp³-hybridized carbons (Fsp3) is 0.0952. The Labute approximate surface area is 798 Å². The van der Waals surface area contributed by atoms with E-state index in [0.29, 0.717) is 66.8 Å². The number of nitrogens with zero attached hydrogens (tertiary/aromatic N) is 12. The number of aryl methyl sites for hydroxylation is 12. The lowest BCUT2D eigenvalue weighted by Crippen LogP contribution is -1.93. The van der Waals surface area contributed by atoms with Crippen molar-refractivity contribution in [3.05, 3.63) is 423 Å². The zero-order valence-corrected chi connectivity index (χ0v) is 77.6. The summed E-state index contributed by atoms with van der Waals surface area (Å²) in [4.78, 5) is 60.0. The summed E-state index contributed by atoms with van der Waals surface area (Å²) >= 11 is 0. The molecule has 0 radical (unpaired) electrons. The molecule has 0 aliphatic rings. The van der Waals surface area contributed by atoms with Crippen LogP contribution in [0, 0.1) is 190 Å². The van der Waals surface area contributed by atoms with Gasteiger partial charge in [-0.2, -0.15) is 0 Å². The molecule has 0 amide bonds. The molecule has 12 nitrogen and oxygen atoms in total.